The van der Waals surface area contributed by atoms with Gasteiger partial charge in [0.1, 0.15) is 5.82 Å². The number of aliphatic imine (C=N–C) groups is 1. The second-order valence-corrected chi connectivity index (χ2v) is 8.90. The summed E-state index contributed by atoms with van der Waals surface area (Å²) >= 11 is 0. The maximum atomic E-state index is 9.63. The molecule has 2 heterocycles. The predicted octanol–water partition coefficient (Wildman–Crippen LogP) is 3.18. The van der Waals surface area contributed by atoms with Crippen LogP contribution in [0.1, 0.15) is 44.1 Å². The summed E-state index contributed by atoms with van der Waals surface area (Å²) in [6.45, 7) is 5.87. The second kappa shape index (κ2) is 12.3. The minimum Gasteiger partial charge on any atom is -0.396 e. The van der Waals surface area contributed by atoms with Gasteiger partial charge in [-0.3, -0.25) is 9.98 Å². The van der Waals surface area contributed by atoms with Crippen molar-refractivity contribution in [2.75, 3.05) is 25.1 Å². The zero-order valence-electron chi connectivity index (χ0n) is 20.7. The SMILES string of the molecule is C=C/C=C\N=C(C)CNc1nc(-c2cncc(C(CO)CO)c2)nc2c1=C(C1=CC=CCC1)CCC=2. The number of rotatable bonds is 10. The highest BCUT2D eigenvalue weighted by Gasteiger charge is 2.18. The van der Waals surface area contributed by atoms with Crippen molar-refractivity contribution in [2.24, 2.45) is 4.99 Å². The van der Waals surface area contributed by atoms with Crippen LogP contribution in [0.3, 0.4) is 0 Å². The van der Waals surface area contributed by atoms with Gasteiger partial charge in [0.05, 0.1) is 25.1 Å². The van der Waals surface area contributed by atoms with Crippen molar-refractivity contribution in [3.8, 4) is 11.4 Å². The van der Waals surface area contributed by atoms with Gasteiger partial charge in [-0.1, -0.05) is 37.0 Å². The number of aliphatic hydroxyl groups excluding tert-OH is 2. The third-order valence-electron chi connectivity index (χ3n) is 6.33. The largest absolute Gasteiger partial charge is 0.396 e. The van der Waals surface area contributed by atoms with Crippen molar-refractivity contribution in [3.63, 3.8) is 0 Å². The summed E-state index contributed by atoms with van der Waals surface area (Å²) < 4.78 is 0. The molecular weight excluding hydrogens is 450 g/mol. The van der Waals surface area contributed by atoms with E-state index in [0.29, 0.717) is 12.4 Å². The summed E-state index contributed by atoms with van der Waals surface area (Å²) in [4.78, 5) is 18.7. The van der Waals surface area contributed by atoms with Crippen LogP contribution in [-0.4, -0.2) is 50.6 Å². The van der Waals surface area contributed by atoms with Crippen LogP contribution in [0.5, 0.6) is 0 Å². The van der Waals surface area contributed by atoms with Gasteiger partial charge in [0.25, 0.3) is 0 Å². The van der Waals surface area contributed by atoms with Crippen LogP contribution >= 0.6 is 0 Å². The van der Waals surface area contributed by atoms with E-state index in [2.05, 4.69) is 46.2 Å². The van der Waals surface area contributed by atoms with Crippen LogP contribution in [-0.2, 0) is 0 Å². The fourth-order valence-electron chi connectivity index (χ4n) is 4.39. The Kier molecular flexibility index (Phi) is 8.71. The number of aromatic nitrogens is 3. The molecule has 0 atom stereocenters. The average Bonchev–Trinajstić information content (AvgIpc) is 2.92. The monoisotopic (exact) mass is 483 g/mol. The Balaban J connectivity index is 1.84. The van der Waals surface area contributed by atoms with Crippen molar-refractivity contribution in [1.29, 1.82) is 0 Å². The summed E-state index contributed by atoms with van der Waals surface area (Å²) in [6.07, 6.45) is 21.2. The molecule has 0 radical (unpaired) electrons. The molecule has 36 heavy (non-hydrogen) atoms. The van der Waals surface area contributed by atoms with Crippen molar-refractivity contribution >= 4 is 23.2 Å². The topological polar surface area (TPSA) is 104 Å². The van der Waals surface area contributed by atoms with Crippen LogP contribution in [0.15, 0.2) is 72.2 Å². The molecule has 0 bridgehead atoms. The van der Waals surface area contributed by atoms with E-state index in [0.717, 1.165) is 58.9 Å². The van der Waals surface area contributed by atoms with Crippen molar-refractivity contribution in [1.82, 2.24) is 15.0 Å². The fourth-order valence-corrected chi connectivity index (χ4v) is 4.39. The van der Waals surface area contributed by atoms with Gasteiger partial charge in [-0.25, -0.2) is 9.97 Å². The molecular formula is C29H33N5O2. The van der Waals surface area contributed by atoms with Gasteiger partial charge in [-0.2, -0.15) is 0 Å². The number of pyridine rings is 1. The zero-order chi connectivity index (χ0) is 25.3. The van der Waals surface area contributed by atoms with Gasteiger partial charge in [-0.15, -0.1) is 0 Å². The van der Waals surface area contributed by atoms with Crippen LogP contribution in [0, 0.1) is 0 Å². The first-order valence-electron chi connectivity index (χ1n) is 12.3. The Morgan fingerprint density at radius 1 is 1.19 bits per heavy atom. The molecule has 0 saturated heterocycles. The Morgan fingerprint density at radius 2 is 2.06 bits per heavy atom. The second-order valence-electron chi connectivity index (χ2n) is 8.90. The Labute approximate surface area is 211 Å². The number of anilines is 1. The van der Waals surface area contributed by atoms with E-state index in [1.807, 2.05) is 13.0 Å². The van der Waals surface area contributed by atoms with E-state index in [-0.39, 0.29) is 13.2 Å². The zero-order valence-corrected chi connectivity index (χ0v) is 20.7. The summed E-state index contributed by atoms with van der Waals surface area (Å²) in [5.74, 6) is 0.925. The van der Waals surface area contributed by atoms with Crippen molar-refractivity contribution < 1.29 is 10.2 Å². The van der Waals surface area contributed by atoms with Crippen LogP contribution in [0.2, 0.25) is 0 Å². The van der Waals surface area contributed by atoms with E-state index in [1.54, 1.807) is 30.7 Å². The van der Waals surface area contributed by atoms with Gasteiger partial charge in [0, 0.05) is 41.0 Å². The lowest BCUT2D eigenvalue weighted by Gasteiger charge is -2.19. The van der Waals surface area contributed by atoms with Crippen LogP contribution in [0.4, 0.5) is 5.82 Å². The van der Waals surface area contributed by atoms with E-state index in [9.17, 15) is 10.2 Å². The highest BCUT2D eigenvalue weighted by molar-refractivity contribution is 5.86. The maximum absolute atomic E-state index is 9.63. The van der Waals surface area contributed by atoms with E-state index in [1.165, 1.54) is 11.1 Å². The molecule has 0 fully saturated rings. The molecule has 0 aliphatic heterocycles. The van der Waals surface area contributed by atoms with E-state index < -0.39 is 5.92 Å². The fraction of sp³-hybridized carbons (Fsp3) is 0.310. The summed E-state index contributed by atoms with van der Waals surface area (Å²) in [7, 11) is 0. The number of aliphatic hydroxyl groups is 2. The molecule has 4 rings (SSSR count). The highest BCUT2D eigenvalue weighted by Crippen LogP contribution is 2.26. The Bertz CT molecular complexity index is 1350. The molecule has 0 spiro atoms. The number of fused-ring (bicyclic) bond motifs is 1. The van der Waals surface area contributed by atoms with E-state index >= 15 is 0 Å². The standard InChI is InChI=1S/C29H33N5O2/c1-3-4-13-31-20(2)15-32-29-27-25(21-9-6-5-7-10-21)11-8-12-26(27)33-28(34-29)23-14-22(16-30-17-23)24(18-35)19-36/h3-6,9,12-14,16-17,24,35-36H,1,7-8,10-11,15,18-19H2,2H3,(H,32,33,34)/b13-4-,31-20?. The molecule has 0 unspecified atom stereocenters. The minimum absolute atomic E-state index is 0.159. The minimum atomic E-state index is -0.395. The first kappa shape index (κ1) is 25.4. The molecule has 0 amide bonds. The highest BCUT2D eigenvalue weighted by atomic mass is 16.3. The lowest BCUT2D eigenvalue weighted by Crippen LogP contribution is -2.38. The quantitative estimate of drug-likeness (QED) is 0.354. The molecule has 2 aromatic heterocycles. The molecule has 7 heteroatoms. The summed E-state index contributed by atoms with van der Waals surface area (Å²) in [6, 6.07) is 1.89. The van der Waals surface area contributed by atoms with Crippen LogP contribution < -0.4 is 15.9 Å². The number of hydrogen-bond donors (Lipinski definition) is 3. The molecule has 2 aliphatic rings. The molecule has 0 aromatic carbocycles. The first-order valence-corrected chi connectivity index (χ1v) is 12.3. The predicted molar refractivity (Wildman–Crippen MR) is 146 cm³/mol. The maximum Gasteiger partial charge on any atom is 0.163 e. The summed E-state index contributed by atoms with van der Waals surface area (Å²) in [5.41, 5.74) is 5.04. The number of hydrogen-bond acceptors (Lipinski definition) is 7. The Morgan fingerprint density at radius 3 is 2.81 bits per heavy atom. The lowest BCUT2D eigenvalue weighted by atomic mass is 9.90. The summed E-state index contributed by atoms with van der Waals surface area (Å²) in [5, 5.41) is 24.7. The van der Waals surface area contributed by atoms with Gasteiger partial charge < -0.3 is 15.5 Å². The number of nitrogens with one attached hydrogen (secondary N) is 1. The third-order valence-corrected chi connectivity index (χ3v) is 6.33. The smallest absolute Gasteiger partial charge is 0.163 e. The van der Waals surface area contributed by atoms with Gasteiger partial charge in [0.15, 0.2) is 5.82 Å². The van der Waals surface area contributed by atoms with Crippen molar-refractivity contribution in [3.05, 3.63) is 83.3 Å². The Hall–Kier alpha value is -3.68. The molecule has 7 nitrogen and oxygen atoms in total. The van der Waals surface area contributed by atoms with Gasteiger partial charge in [-0.05, 0) is 61.5 Å². The number of allylic oxidation sites excluding steroid dienone is 6. The van der Waals surface area contributed by atoms with Crippen molar-refractivity contribution in [2.45, 2.75) is 38.5 Å². The number of nitrogens with zero attached hydrogens (tertiary/aromatic N) is 4. The molecule has 0 saturated carbocycles. The average molecular weight is 484 g/mol. The first-order chi connectivity index (χ1) is 17.6. The van der Waals surface area contributed by atoms with Gasteiger partial charge >= 0.3 is 0 Å². The molecule has 186 valence electrons. The lowest BCUT2D eigenvalue weighted by molar-refractivity contribution is 0.192. The molecule has 2 aliphatic carbocycles. The third kappa shape index (κ3) is 5.93. The molecule has 3 N–H and O–H groups in total. The normalized spacial score (nSPS) is 15.6. The van der Waals surface area contributed by atoms with Gasteiger partial charge in [0.2, 0.25) is 0 Å². The van der Waals surface area contributed by atoms with E-state index in [4.69, 9.17) is 9.97 Å². The molecule has 2 aromatic rings. The van der Waals surface area contributed by atoms with Crippen LogP contribution in [0.25, 0.3) is 23.0 Å².